The zero-order valence-electron chi connectivity index (χ0n) is 12.0. The Morgan fingerprint density at radius 2 is 2.00 bits per heavy atom. The minimum absolute atomic E-state index is 0.0747. The molecule has 1 aromatic rings. The van der Waals surface area contributed by atoms with Crippen molar-refractivity contribution in [1.29, 1.82) is 0 Å². The van der Waals surface area contributed by atoms with Gasteiger partial charge in [-0.25, -0.2) is 0 Å². The smallest absolute Gasteiger partial charge is 0.0586 e. The molecule has 2 unspecified atom stereocenters. The maximum absolute atomic E-state index is 9.52. The van der Waals surface area contributed by atoms with Gasteiger partial charge < -0.3 is 10.8 Å². The summed E-state index contributed by atoms with van der Waals surface area (Å²) < 4.78 is 1.08. The normalized spacial score (nSPS) is 22.4. The fraction of sp³-hybridized carbons (Fsp3) is 0.625. The molecule has 2 rings (SSSR count). The largest absolute Gasteiger partial charge is 0.395 e. The highest BCUT2D eigenvalue weighted by Gasteiger charge is 2.20. The quantitative estimate of drug-likeness (QED) is 0.865. The molecule has 3 N–H and O–H groups in total. The molecule has 4 heteroatoms. The Morgan fingerprint density at radius 1 is 1.25 bits per heavy atom. The van der Waals surface area contributed by atoms with Crippen LogP contribution in [0.3, 0.4) is 0 Å². The molecule has 2 atom stereocenters. The van der Waals surface area contributed by atoms with E-state index in [0.717, 1.165) is 30.4 Å². The van der Waals surface area contributed by atoms with E-state index in [9.17, 15) is 5.11 Å². The van der Waals surface area contributed by atoms with Crippen LogP contribution in [-0.4, -0.2) is 35.7 Å². The lowest BCUT2D eigenvalue weighted by Gasteiger charge is -2.29. The molecule has 0 radical (unpaired) electrons. The molecule has 0 amide bonds. The molecule has 1 aliphatic rings. The second-order valence-electron chi connectivity index (χ2n) is 5.67. The average Bonchev–Trinajstić information content (AvgIpc) is 2.70. The number of nitrogens with two attached hydrogens (primary N) is 1. The number of rotatable bonds is 5. The first-order chi connectivity index (χ1) is 9.70. The van der Waals surface area contributed by atoms with Crippen molar-refractivity contribution < 1.29 is 5.11 Å². The summed E-state index contributed by atoms with van der Waals surface area (Å²) in [5.74, 6) is 0. The van der Waals surface area contributed by atoms with Crippen molar-refractivity contribution in [3.05, 3.63) is 34.3 Å². The van der Waals surface area contributed by atoms with Crippen LogP contribution in [0, 0.1) is 0 Å². The summed E-state index contributed by atoms with van der Waals surface area (Å²) in [6.45, 7) is 2.34. The predicted molar refractivity (Wildman–Crippen MR) is 86.6 cm³/mol. The number of likely N-dealkylation sites (tertiary alicyclic amines) is 1. The van der Waals surface area contributed by atoms with E-state index in [2.05, 4.69) is 33.0 Å². The third-order valence-electron chi connectivity index (χ3n) is 4.24. The molecule has 0 saturated carbocycles. The average molecular weight is 341 g/mol. The van der Waals surface area contributed by atoms with Crippen molar-refractivity contribution in [3.8, 4) is 0 Å². The van der Waals surface area contributed by atoms with Crippen LogP contribution in [0.25, 0.3) is 0 Å². The van der Waals surface area contributed by atoms with Gasteiger partial charge in [0.2, 0.25) is 0 Å². The van der Waals surface area contributed by atoms with Crippen LogP contribution in [0.5, 0.6) is 0 Å². The first-order valence-corrected chi connectivity index (χ1v) is 8.36. The summed E-state index contributed by atoms with van der Waals surface area (Å²) >= 11 is 3.45. The molecular formula is C16H25BrN2O. The van der Waals surface area contributed by atoms with Crippen molar-refractivity contribution in [2.24, 2.45) is 5.73 Å². The standard InChI is InChI=1S/C16H25BrN2O/c17-14-7-5-13(6-8-14)16(18)9-11-19-10-3-1-2-4-15(19)12-20/h5-8,15-16,20H,1-4,9-12,18H2. The van der Waals surface area contributed by atoms with Crippen LogP contribution in [0.15, 0.2) is 28.7 Å². The Labute approximate surface area is 130 Å². The Hall–Kier alpha value is -0.420. The first kappa shape index (κ1) is 16.0. The third-order valence-corrected chi connectivity index (χ3v) is 4.76. The number of hydrogen-bond donors (Lipinski definition) is 2. The van der Waals surface area contributed by atoms with Crippen molar-refractivity contribution in [2.75, 3.05) is 19.7 Å². The van der Waals surface area contributed by atoms with E-state index in [1.54, 1.807) is 0 Å². The topological polar surface area (TPSA) is 49.5 Å². The second-order valence-corrected chi connectivity index (χ2v) is 6.58. The van der Waals surface area contributed by atoms with Gasteiger partial charge in [0.05, 0.1) is 6.61 Å². The van der Waals surface area contributed by atoms with Gasteiger partial charge in [-0.05, 0) is 43.5 Å². The minimum atomic E-state index is 0.0747. The van der Waals surface area contributed by atoms with Gasteiger partial charge in [0, 0.05) is 23.1 Å². The van der Waals surface area contributed by atoms with Gasteiger partial charge in [-0.15, -0.1) is 0 Å². The summed E-state index contributed by atoms with van der Waals surface area (Å²) in [7, 11) is 0. The van der Waals surface area contributed by atoms with E-state index in [1.165, 1.54) is 24.8 Å². The Bertz CT molecular complexity index is 396. The van der Waals surface area contributed by atoms with Crippen LogP contribution in [0.2, 0.25) is 0 Å². The van der Waals surface area contributed by atoms with Crippen LogP contribution < -0.4 is 5.73 Å². The summed E-state index contributed by atoms with van der Waals surface area (Å²) in [5.41, 5.74) is 7.47. The Morgan fingerprint density at radius 3 is 2.70 bits per heavy atom. The van der Waals surface area contributed by atoms with E-state index in [-0.39, 0.29) is 12.6 Å². The first-order valence-electron chi connectivity index (χ1n) is 7.56. The zero-order valence-corrected chi connectivity index (χ0v) is 13.6. The predicted octanol–water partition coefficient (Wildman–Crippen LogP) is 3.08. The van der Waals surface area contributed by atoms with Crippen molar-refractivity contribution in [3.63, 3.8) is 0 Å². The summed E-state index contributed by atoms with van der Waals surface area (Å²) in [6, 6.07) is 8.65. The molecule has 0 aromatic heterocycles. The molecule has 112 valence electrons. The van der Waals surface area contributed by atoms with Crippen molar-refractivity contribution >= 4 is 15.9 Å². The number of aliphatic hydroxyl groups excluding tert-OH is 1. The fourth-order valence-electron chi connectivity index (χ4n) is 2.92. The number of aliphatic hydroxyl groups is 1. The molecule has 3 nitrogen and oxygen atoms in total. The van der Waals surface area contributed by atoms with Gasteiger partial charge in [-0.1, -0.05) is 40.9 Å². The number of benzene rings is 1. The summed E-state index contributed by atoms with van der Waals surface area (Å²) in [6.07, 6.45) is 5.82. The van der Waals surface area contributed by atoms with E-state index in [1.807, 2.05) is 12.1 Å². The Balaban J connectivity index is 1.87. The van der Waals surface area contributed by atoms with Crippen LogP contribution in [0.4, 0.5) is 0 Å². The minimum Gasteiger partial charge on any atom is -0.395 e. The number of hydrogen-bond acceptors (Lipinski definition) is 3. The van der Waals surface area contributed by atoms with E-state index in [4.69, 9.17) is 5.73 Å². The highest BCUT2D eigenvalue weighted by molar-refractivity contribution is 9.10. The highest BCUT2D eigenvalue weighted by Crippen LogP contribution is 2.21. The SMILES string of the molecule is NC(CCN1CCCCCC1CO)c1ccc(Br)cc1. The van der Waals surface area contributed by atoms with Crippen LogP contribution in [-0.2, 0) is 0 Å². The zero-order chi connectivity index (χ0) is 14.4. The number of halogens is 1. The van der Waals surface area contributed by atoms with E-state index >= 15 is 0 Å². The molecule has 1 heterocycles. The third kappa shape index (κ3) is 4.55. The molecule has 1 aromatic carbocycles. The van der Waals surface area contributed by atoms with Gasteiger partial charge in [-0.3, -0.25) is 4.90 Å². The summed E-state index contributed by atoms with van der Waals surface area (Å²) in [4.78, 5) is 2.42. The van der Waals surface area contributed by atoms with Crippen LogP contribution in [0.1, 0.15) is 43.7 Å². The molecular weight excluding hydrogens is 316 g/mol. The monoisotopic (exact) mass is 340 g/mol. The molecule has 1 aliphatic heterocycles. The highest BCUT2D eigenvalue weighted by atomic mass is 79.9. The lowest BCUT2D eigenvalue weighted by atomic mass is 10.0. The second kappa shape index (κ2) is 8.13. The lowest BCUT2D eigenvalue weighted by Crippen LogP contribution is -2.39. The van der Waals surface area contributed by atoms with E-state index in [0.29, 0.717) is 6.04 Å². The maximum Gasteiger partial charge on any atom is 0.0586 e. The molecule has 1 saturated heterocycles. The van der Waals surface area contributed by atoms with Gasteiger partial charge in [0.25, 0.3) is 0 Å². The molecule has 0 bridgehead atoms. The molecule has 20 heavy (non-hydrogen) atoms. The summed E-state index contributed by atoms with van der Waals surface area (Å²) in [5, 5.41) is 9.52. The molecule has 0 spiro atoms. The lowest BCUT2D eigenvalue weighted by molar-refractivity contribution is 0.121. The van der Waals surface area contributed by atoms with Gasteiger partial charge in [0.1, 0.15) is 0 Å². The molecule has 1 fully saturated rings. The fourth-order valence-corrected chi connectivity index (χ4v) is 3.18. The van der Waals surface area contributed by atoms with Gasteiger partial charge >= 0.3 is 0 Å². The maximum atomic E-state index is 9.52. The van der Waals surface area contributed by atoms with Crippen molar-refractivity contribution in [1.82, 2.24) is 4.90 Å². The van der Waals surface area contributed by atoms with E-state index < -0.39 is 0 Å². The molecule has 0 aliphatic carbocycles. The Kier molecular flexibility index (Phi) is 6.49. The van der Waals surface area contributed by atoms with Gasteiger partial charge in [0.15, 0.2) is 0 Å². The van der Waals surface area contributed by atoms with Gasteiger partial charge in [-0.2, -0.15) is 0 Å². The van der Waals surface area contributed by atoms with Crippen molar-refractivity contribution in [2.45, 2.75) is 44.2 Å². The number of nitrogens with zero attached hydrogens (tertiary/aromatic N) is 1. The van der Waals surface area contributed by atoms with Crippen LogP contribution >= 0.6 is 15.9 Å².